The van der Waals surface area contributed by atoms with Gasteiger partial charge < -0.3 is 26.3 Å². The minimum atomic E-state index is 0.194. The molecule has 0 aliphatic carbocycles. The first-order valence-electron chi connectivity index (χ1n) is 6.28. The Morgan fingerprint density at radius 3 is 2.81 bits per heavy atom. The number of fused-ring (bicyclic) bond motifs is 1. The number of aromatic nitrogens is 3. The van der Waals surface area contributed by atoms with Crippen molar-refractivity contribution in [2.75, 3.05) is 38.4 Å². The number of nitrogens with one attached hydrogen (secondary N) is 1. The number of anilines is 2. The molecular formula is C12H18N6O2S. The zero-order valence-corrected chi connectivity index (χ0v) is 12.7. The lowest BCUT2D eigenvalue weighted by molar-refractivity contribution is 0.0366. The molecule has 9 heteroatoms. The highest BCUT2D eigenvalue weighted by Crippen LogP contribution is 2.31. The minimum absolute atomic E-state index is 0.194. The van der Waals surface area contributed by atoms with Crippen molar-refractivity contribution in [3.05, 3.63) is 11.9 Å². The molecule has 0 spiro atoms. The van der Waals surface area contributed by atoms with Crippen LogP contribution in [0.5, 0.6) is 0 Å². The van der Waals surface area contributed by atoms with Gasteiger partial charge in [0.1, 0.15) is 35.3 Å². The highest BCUT2D eigenvalue weighted by atomic mass is 32.1. The van der Waals surface area contributed by atoms with Crippen LogP contribution in [0.15, 0.2) is 6.33 Å². The van der Waals surface area contributed by atoms with Gasteiger partial charge in [0.2, 0.25) is 0 Å². The van der Waals surface area contributed by atoms with Crippen molar-refractivity contribution < 1.29 is 9.47 Å². The van der Waals surface area contributed by atoms with Gasteiger partial charge >= 0.3 is 0 Å². The van der Waals surface area contributed by atoms with Gasteiger partial charge in [-0.05, 0) is 0 Å². The Balaban J connectivity index is 2.50. The normalized spacial score (nSPS) is 11.0. The van der Waals surface area contributed by atoms with E-state index in [9.17, 15) is 0 Å². The minimum Gasteiger partial charge on any atom is -0.389 e. The molecule has 0 aliphatic rings. The Hall–Kier alpha value is -1.97. The summed E-state index contributed by atoms with van der Waals surface area (Å²) in [6, 6.07) is 0. The molecule has 0 aromatic carbocycles. The Morgan fingerprint density at radius 2 is 2.19 bits per heavy atom. The number of methoxy groups -OCH3 is 1. The van der Waals surface area contributed by atoms with Gasteiger partial charge in [0.25, 0.3) is 0 Å². The zero-order chi connectivity index (χ0) is 15.4. The Bertz CT molecular complexity index is 657. The summed E-state index contributed by atoms with van der Waals surface area (Å²) >= 11 is 5.09. The van der Waals surface area contributed by atoms with Gasteiger partial charge in [-0.1, -0.05) is 12.2 Å². The van der Waals surface area contributed by atoms with Crippen LogP contribution >= 0.6 is 12.2 Å². The summed E-state index contributed by atoms with van der Waals surface area (Å²) in [5, 5.41) is 3.68. The smallest absolute Gasteiger partial charge is 0.149 e. The van der Waals surface area contributed by atoms with Crippen molar-refractivity contribution in [1.29, 1.82) is 0 Å². The van der Waals surface area contributed by atoms with Gasteiger partial charge in [0, 0.05) is 14.2 Å². The van der Waals surface area contributed by atoms with Crippen LogP contribution in [0.2, 0.25) is 0 Å². The number of thiocarbonyl (C=S) groups is 1. The van der Waals surface area contributed by atoms with E-state index in [2.05, 4.69) is 15.3 Å². The second kappa shape index (κ2) is 6.66. The van der Waals surface area contributed by atoms with E-state index < -0.39 is 0 Å². The molecule has 114 valence electrons. The summed E-state index contributed by atoms with van der Waals surface area (Å²) in [4.78, 5) is 8.62. The Morgan fingerprint density at radius 1 is 1.43 bits per heavy atom. The maximum absolute atomic E-state index is 6.14. The van der Waals surface area contributed by atoms with Gasteiger partial charge in [-0.25, -0.2) is 9.97 Å². The first-order chi connectivity index (χ1) is 10.1. The molecule has 0 bridgehead atoms. The summed E-state index contributed by atoms with van der Waals surface area (Å²) in [7, 11) is 3.37. The second-order valence-electron chi connectivity index (χ2n) is 4.25. The molecule has 21 heavy (non-hydrogen) atoms. The van der Waals surface area contributed by atoms with E-state index in [0.29, 0.717) is 41.4 Å². The van der Waals surface area contributed by atoms with E-state index in [0.717, 1.165) is 0 Å². The molecule has 0 amide bonds. The number of nitrogens with zero attached hydrogens (tertiary/aromatic N) is 3. The molecule has 0 atom stereocenters. The van der Waals surface area contributed by atoms with Crippen LogP contribution in [0.1, 0.15) is 5.56 Å². The molecule has 0 fully saturated rings. The Kier molecular flexibility index (Phi) is 4.89. The quantitative estimate of drug-likeness (QED) is 0.494. The summed E-state index contributed by atoms with van der Waals surface area (Å²) in [6.45, 7) is 1.18. The van der Waals surface area contributed by atoms with Crippen LogP contribution in [0.4, 0.5) is 11.6 Å². The molecule has 5 N–H and O–H groups in total. The van der Waals surface area contributed by atoms with Crippen molar-refractivity contribution in [2.45, 2.75) is 6.73 Å². The third-order valence-corrected chi connectivity index (χ3v) is 3.22. The summed E-state index contributed by atoms with van der Waals surface area (Å²) < 4.78 is 12.2. The van der Waals surface area contributed by atoms with Gasteiger partial charge in [-0.2, -0.15) is 0 Å². The van der Waals surface area contributed by atoms with Crippen molar-refractivity contribution in [3.63, 3.8) is 0 Å². The largest absolute Gasteiger partial charge is 0.389 e. The summed E-state index contributed by atoms with van der Waals surface area (Å²) in [6.07, 6.45) is 1.45. The standard InChI is InChI=1S/C12H18N6O2S/c1-15-11-8-7(10(14)21)9(13)18(6-20-4-3-19-2)12(8)17-5-16-11/h5H,3-4,6,13H2,1-2H3,(H2,14,21)(H,15,16,17). The van der Waals surface area contributed by atoms with Gasteiger partial charge in [0.15, 0.2) is 0 Å². The fraction of sp³-hybridized carbons (Fsp3) is 0.417. The summed E-state index contributed by atoms with van der Waals surface area (Å²) in [5.41, 5.74) is 13.1. The molecule has 2 rings (SSSR count). The topological polar surface area (TPSA) is 113 Å². The van der Waals surface area contributed by atoms with E-state index in [1.54, 1.807) is 18.7 Å². The molecular weight excluding hydrogens is 292 g/mol. The van der Waals surface area contributed by atoms with Crippen LogP contribution in [0.25, 0.3) is 11.0 Å². The number of nitrogen functional groups attached to an aromatic ring is 1. The molecule has 0 saturated heterocycles. The second-order valence-corrected chi connectivity index (χ2v) is 4.69. The lowest BCUT2D eigenvalue weighted by Gasteiger charge is -2.08. The van der Waals surface area contributed by atoms with Crippen molar-refractivity contribution in [2.24, 2.45) is 5.73 Å². The molecule has 2 aromatic rings. The first-order valence-corrected chi connectivity index (χ1v) is 6.69. The third-order valence-electron chi connectivity index (χ3n) is 3.02. The fourth-order valence-electron chi connectivity index (χ4n) is 2.06. The van der Waals surface area contributed by atoms with Gasteiger partial charge in [-0.15, -0.1) is 0 Å². The maximum Gasteiger partial charge on any atom is 0.149 e. The number of hydrogen-bond donors (Lipinski definition) is 3. The first kappa shape index (κ1) is 15.4. The molecule has 0 radical (unpaired) electrons. The lowest BCUT2D eigenvalue weighted by atomic mass is 10.2. The van der Waals surface area contributed by atoms with E-state index in [-0.39, 0.29) is 11.7 Å². The monoisotopic (exact) mass is 310 g/mol. The van der Waals surface area contributed by atoms with E-state index in [1.807, 2.05) is 0 Å². The van der Waals surface area contributed by atoms with Crippen molar-refractivity contribution in [3.8, 4) is 0 Å². The van der Waals surface area contributed by atoms with Crippen LogP contribution < -0.4 is 16.8 Å². The molecule has 0 unspecified atom stereocenters. The highest BCUT2D eigenvalue weighted by molar-refractivity contribution is 7.80. The molecule has 0 aliphatic heterocycles. The SMILES string of the molecule is CNc1ncnc2c1c(C(N)=S)c(N)n2COCCOC. The Labute approximate surface area is 127 Å². The van der Waals surface area contributed by atoms with Crippen molar-refractivity contribution in [1.82, 2.24) is 14.5 Å². The number of ether oxygens (including phenoxy) is 2. The number of hydrogen-bond acceptors (Lipinski definition) is 7. The van der Waals surface area contributed by atoms with Gasteiger partial charge in [-0.3, -0.25) is 4.57 Å². The lowest BCUT2D eigenvalue weighted by Crippen LogP contribution is -2.14. The molecule has 0 saturated carbocycles. The number of rotatable bonds is 7. The van der Waals surface area contributed by atoms with Crippen LogP contribution in [-0.2, 0) is 16.2 Å². The van der Waals surface area contributed by atoms with E-state index in [1.165, 1.54) is 6.33 Å². The highest BCUT2D eigenvalue weighted by Gasteiger charge is 2.21. The van der Waals surface area contributed by atoms with Crippen molar-refractivity contribution >= 4 is 39.9 Å². The predicted molar refractivity (Wildman–Crippen MR) is 85.2 cm³/mol. The van der Waals surface area contributed by atoms with E-state index >= 15 is 0 Å². The van der Waals surface area contributed by atoms with Gasteiger partial charge in [0.05, 0.1) is 24.2 Å². The van der Waals surface area contributed by atoms with E-state index in [4.69, 9.17) is 33.2 Å². The zero-order valence-electron chi connectivity index (χ0n) is 11.9. The fourth-order valence-corrected chi connectivity index (χ4v) is 2.26. The average Bonchev–Trinajstić information content (AvgIpc) is 2.75. The van der Waals surface area contributed by atoms with Crippen LogP contribution in [0.3, 0.4) is 0 Å². The third kappa shape index (κ3) is 2.89. The molecule has 2 aromatic heterocycles. The molecule has 8 nitrogen and oxygen atoms in total. The van der Waals surface area contributed by atoms with Crippen LogP contribution in [0, 0.1) is 0 Å². The summed E-state index contributed by atoms with van der Waals surface area (Å²) in [5.74, 6) is 1.03. The maximum atomic E-state index is 6.14. The number of nitrogens with two attached hydrogens (primary N) is 2. The average molecular weight is 310 g/mol. The van der Waals surface area contributed by atoms with Crippen LogP contribution in [-0.4, -0.2) is 46.9 Å². The molecule has 2 heterocycles. The predicted octanol–water partition coefficient (Wildman–Crippen LogP) is 0.310.